The number of H-pyrrole nitrogens is 1. The molecule has 3 N–H and O–H groups in total. The number of para-hydroxylation sites is 1. The van der Waals surface area contributed by atoms with E-state index < -0.39 is 14.8 Å². The van der Waals surface area contributed by atoms with E-state index >= 15 is 0 Å². The molecular weight excluding hydrogens is 504 g/mol. The third-order valence-corrected chi connectivity index (χ3v) is 10.1. The van der Waals surface area contributed by atoms with Gasteiger partial charge in [0.15, 0.2) is 0 Å². The lowest BCUT2D eigenvalue weighted by Gasteiger charge is -2.16. The molecule has 0 bridgehead atoms. The van der Waals surface area contributed by atoms with Crippen LogP contribution < -0.4 is 15.7 Å². The fraction of sp³-hybridized carbons (Fsp3) is 0.607. The number of carbonyl (C=O) groups excluding carboxylic acids is 2. The molecule has 0 spiro atoms. The predicted molar refractivity (Wildman–Crippen MR) is 148 cm³/mol. The molecule has 38 heavy (non-hydrogen) atoms. The standard InChI is InChI=1S/C28H40N4O5S/c1-4-20-18-22(20)26(34)31-38(36,37)28(15-16-28)14-9-7-5-6-8-10-17-29-25(33)21-12-11-13-23-24(21)30-27(35)32(23)19(2)3/h6,8,11-13,19-20,22H,4-5,7,9-10,14-18H2,1-3H3,(H,29,33)(H,30,35)(H,31,34)/b8-6+/t20-,22+/m1/s1. The summed E-state index contributed by atoms with van der Waals surface area (Å²) < 4.78 is 28.8. The maximum atomic E-state index is 12.8. The molecule has 2 fully saturated rings. The zero-order valence-corrected chi connectivity index (χ0v) is 23.4. The normalized spacial score (nSPS) is 20.2. The molecule has 0 unspecified atom stereocenters. The average molecular weight is 545 g/mol. The van der Waals surface area contributed by atoms with Gasteiger partial charge in [-0.3, -0.25) is 18.9 Å². The first-order valence-corrected chi connectivity index (χ1v) is 15.3. The molecule has 2 aliphatic rings. The molecule has 2 saturated carbocycles. The van der Waals surface area contributed by atoms with Gasteiger partial charge in [-0.25, -0.2) is 13.2 Å². The molecule has 208 valence electrons. The predicted octanol–water partition coefficient (Wildman–Crippen LogP) is 4.17. The lowest BCUT2D eigenvalue weighted by Crippen LogP contribution is -2.40. The Morgan fingerprint density at radius 2 is 1.92 bits per heavy atom. The molecule has 1 aromatic carbocycles. The highest BCUT2D eigenvalue weighted by atomic mass is 32.2. The molecule has 0 saturated heterocycles. The van der Waals surface area contributed by atoms with E-state index in [9.17, 15) is 22.8 Å². The first kappa shape index (κ1) is 28.1. The SMILES string of the molecule is CC[C@@H]1C[C@@H]1C(=O)NS(=O)(=O)C1(CCCC/C=C/CCNC(=O)c2cccc3c2[nH]c(=O)n3C(C)C)CC1. The summed E-state index contributed by atoms with van der Waals surface area (Å²) in [5.74, 6) is -0.351. The van der Waals surface area contributed by atoms with Crippen molar-refractivity contribution in [1.29, 1.82) is 0 Å². The molecule has 0 aliphatic heterocycles. The number of hydrogen-bond acceptors (Lipinski definition) is 5. The van der Waals surface area contributed by atoms with Crippen LogP contribution in [-0.2, 0) is 14.8 Å². The topological polar surface area (TPSA) is 130 Å². The van der Waals surface area contributed by atoms with Crippen LogP contribution in [0.3, 0.4) is 0 Å². The molecule has 10 heteroatoms. The van der Waals surface area contributed by atoms with Crippen LogP contribution in [0.4, 0.5) is 0 Å². The van der Waals surface area contributed by atoms with Gasteiger partial charge in [-0.05, 0) is 76.8 Å². The number of aromatic amines is 1. The molecule has 2 amide bonds. The van der Waals surface area contributed by atoms with Gasteiger partial charge in [-0.1, -0.05) is 38.0 Å². The monoisotopic (exact) mass is 544 g/mol. The smallest absolute Gasteiger partial charge is 0.326 e. The quantitative estimate of drug-likeness (QED) is 0.243. The van der Waals surface area contributed by atoms with E-state index in [1.165, 1.54) is 0 Å². The van der Waals surface area contributed by atoms with E-state index in [0.29, 0.717) is 54.7 Å². The van der Waals surface area contributed by atoms with Crippen LogP contribution in [0.25, 0.3) is 11.0 Å². The number of amides is 2. The van der Waals surface area contributed by atoms with Crippen LogP contribution in [0.2, 0.25) is 0 Å². The summed E-state index contributed by atoms with van der Waals surface area (Å²) in [4.78, 5) is 40.0. The summed E-state index contributed by atoms with van der Waals surface area (Å²) in [5, 5.41) is 2.91. The number of allylic oxidation sites excluding steroid dienone is 1. The minimum absolute atomic E-state index is 0.0132. The van der Waals surface area contributed by atoms with Crippen molar-refractivity contribution in [1.82, 2.24) is 19.6 Å². The van der Waals surface area contributed by atoms with Crippen LogP contribution in [-0.4, -0.2) is 41.1 Å². The van der Waals surface area contributed by atoms with Gasteiger partial charge < -0.3 is 10.3 Å². The Balaban J connectivity index is 1.15. The number of sulfonamides is 1. The second kappa shape index (κ2) is 11.5. The van der Waals surface area contributed by atoms with Crippen LogP contribution in [0, 0.1) is 11.8 Å². The Morgan fingerprint density at radius 3 is 2.58 bits per heavy atom. The molecule has 2 aromatic rings. The van der Waals surface area contributed by atoms with Gasteiger partial charge in [0.25, 0.3) is 5.91 Å². The summed E-state index contributed by atoms with van der Waals surface area (Å²) >= 11 is 0. The average Bonchev–Trinajstić information content (AvgIpc) is 3.78. The van der Waals surface area contributed by atoms with Gasteiger partial charge in [0.05, 0.1) is 21.3 Å². The van der Waals surface area contributed by atoms with Crippen LogP contribution in [0.1, 0.15) is 95.0 Å². The van der Waals surface area contributed by atoms with Crippen molar-refractivity contribution in [3.05, 3.63) is 46.4 Å². The number of benzene rings is 1. The van der Waals surface area contributed by atoms with Crippen molar-refractivity contribution < 1.29 is 18.0 Å². The van der Waals surface area contributed by atoms with Crippen LogP contribution >= 0.6 is 0 Å². The minimum atomic E-state index is -3.62. The lowest BCUT2D eigenvalue weighted by atomic mass is 10.1. The first-order valence-electron chi connectivity index (χ1n) is 13.8. The summed E-state index contributed by atoms with van der Waals surface area (Å²) in [7, 11) is -3.62. The summed E-state index contributed by atoms with van der Waals surface area (Å²) in [5.41, 5.74) is 1.49. The summed E-state index contributed by atoms with van der Waals surface area (Å²) in [6.45, 7) is 6.35. The number of unbranched alkanes of at least 4 members (excludes halogenated alkanes) is 2. The Morgan fingerprint density at radius 1 is 1.18 bits per heavy atom. The second-order valence-electron chi connectivity index (χ2n) is 11.0. The number of rotatable bonds is 14. The number of nitrogens with zero attached hydrogens (tertiary/aromatic N) is 1. The minimum Gasteiger partial charge on any atom is -0.352 e. The van der Waals surface area contributed by atoms with Crippen molar-refractivity contribution in [3.8, 4) is 0 Å². The Kier molecular flexibility index (Phi) is 8.49. The van der Waals surface area contributed by atoms with Crippen molar-refractivity contribution in [2.45, 2.75) is 89.3 Å². The number of fused-ring (bicyclic) bond motifs is 1. The third kappa shape index (κ3) is 6.06. The molecule has 1 aromatic heterocycles. The van der Waals surface area contributed by atoms with Crippen molar-refractivity contribution >= 4 is 32.9 Å². The molecule has 0 radical (unpaired) electrons. The number of carbonyl (C=O) groups is 2. The van der Waals surface area contributed by atoms with Gasteiger partial charge in [0.2, 0.25) is 15.9 Å². The Labute approximate surface area is 224 Å². The van der Waals surface area contributed by atoms with E-state index in [1.54, 1.807) is 16.7 Å². The first-order chi connectivity index (χ1) is 18.1. The molecule has 1 heterocycles. The third-order valence-electron chi connectivity index (χ3n) is 7.93. The van der Waals surface area contributed by atoms with Gasteiger partial charge in [-0.15, -0.1) is 0 Å². The number of aromatic nitrogens is 2. The number of imidazole rings is 1. The summed E-state index contributed by atoms with van der Waals surface area (Å²) in [6.07, 6.45) is 10.8. The molecule has 2 aliphatic carbocycles. The Hall–Kier alpha value is -2.88. The Bertz CT molecular complexity index is 1370. The highest BCUT2D eigenvalue weighted by Crippen LogP contribution is 2.48. The van der Waals surface area contributed by atoms with E-state index in [2.05, 4.69) is 21.1 Å². The zero-order valence-electron chi connectivity index (χ0n) is 22.6. The van der Waals surface area contributed by atoms with Crippen molar-refractivity contribution in [2.24, 2.45) is 11.8 Å². The molecule has 2 atom stereocenters. The van der Waals surface area contributed by atoms with Gasteiger partial charge >= 0.3 is 5.69 Å². The fourth-order valence-corrected chi connectivity index (χ4v) is 6.97. The number of nitrogens with one attached hydrogen (secondary N) is 3. The van der Waals surface area contributed by atoms with E-state index in [-0.39, 0.29) is 29.5 Å². The fourth-order valence-electron chi connectivity index (χ4n) is 5.29. The maximum Gasteiger partial charge on any atom is 0.326 e. The second-order valence-corrected chi connectivity index (χ2v) is 13.1. The lowest BCUT2D eigenvalue weighted by molar-refractivity contribution is -0.120. The van der Waals surface area contributed by atoms with Crippen molar-refractivity contribution in [2.75, 3.05) is 6.54 Å². The highest BCUT2D eigenvalue weighted by molar-refractivity contribution is 7.91. The van der Waals surface area contributed by atoms with Gasteiger partial charge in [0.1, 0.15) is 0 Å². The largest absolute Gasteiger partial charge is 0.352 e. The van der Waals surface area contributed by atoms with E-state index in [1.807, 2.05) is 32.9 Å². The van der Waals surface area contributed by atoms with Crippen LogP contribution in [0.5, 0.6) is 0 Å². The molecule has 9 nitrogen and oxygen atoms in total. The van der Waals surface area contributed by atoms with Gasteiger partial charge in [0, 0.05) is 18.5 Å². The van der Waals surface area contributed by atoms with E-state index in [0.717, 1.165) is 32.1 Å². The van der Waals surface area contributed by atoms with E-state index in [4.69, 9.17) is 0 Å². The van der Waals surface area contributed by atoms with Crippen LogP contribution in [0.15, 0.2) is 35.1 Å². The van der Waals surface area contributed by atoms with Crippen molar-refractivity contribution in [3.63, 3.8) is 0 Å². The summed E-state index contributed by atoms with van der Waals surface area (Å²) in [6, 6.07) is 5.31. The number of hydrogen-bond donors (Lipinski definition) is 3. The zero-order chi connectivity index (χ0) is 27.5. The molecular formula is C28H40N4O5S. The molecule has 4 rings (SSSR count). The van der Waals surface area contributed by atoms with Gasteiger partial charge in [-0.2, -0.15) is 0 Å². The highest BCUT2D eigenvalue weighted by Gasteiger charge is 2.55. The maximum absolute atomic E-state index is 12.8.